The smallest absolute Gasteiger partial charge is 0.357 e. The molecule has 0 bridgehead atoms. The van der Waals surface area contributed by atoms with Crippen molar-refractivity contribution in [2.45, 2.75) is 26.1 Å². The van der Waals surface area contributed by atoms with Gasteiger partial charge in [-0.1, -0.05) is 11.2 Å². The Bertz CT molecular complexity index is 1210. The number of benzene rings is 2. The molecule has 1 saturated heterocycles. The van der Waals surface area contributed by atoms with Gasteiger partial charge < -0.3 is 20.1 Å². The molecule has 0 spiro atoms. The zero-order valence-corrected chi connectivity index (χ0v) is 18.4. The van der Waals surface area contributed by atoms with Crippen LogP contribution >= 0.6 is 0 Å². The molecule has 1 atom stereocenters. The van der Waals surface area contributed by atoms with Crippen LogP contribution in [0.15, 0.2) is 53.2 Å². The van der Waals surface area contributed by atoms with Gasteiger partial charge in [-0.15, -0.1) is 0 Å². The Kier molecular flexibility index (Phi) is 6.29. The molecule has 11 heteroatoms. The fraction of sp³-hybridized carbons (Fsp3) is 0.261. The van der Waals surface area contributed by atoms with Crippen LogP contribution in [-0.4, -0.2) is 36.2 Å². The van der Waals surface area contributed by atoms with Crippen molar-refractivity contribution in [2.24, 2.45) is 0 Å². The van der Waals surface area contributed by atoms with Gasteiger partial charge in [-0.2, -0.15) is 13.2 Å². The maximum Gasteiger partial charge on any atom is 0.416 e. The van der Waals surface area contributed by atoms with Gasteiger partial charge in [-0.25, -0.2) is 0 Å². The minimum atomic E-state index is -4.61. The number of nitrogens with one attached hydrogen (secondary N) is 3. The molecule has 34 heavy (non-hydrogen) atoms. The first-order valence-corrected chi connectivity index (χ1v) is 10.4. The second kappa shape index (κ2) is 9.18. The molecule has 0 radical (unpaired) electrons. The van der Waals surface area contributed by atoms with Crippen LogP contribution in [0.25, 0.3) is 0 Å². The lowest BCUT2D eigenvalue weighted by Gasteiger charge is -2.20. The number of amides is 2. The Morgan fingerprint density at radius 1 is 1.12 bits per heavy atom. The number of carbonyl (C=O) groups excluding carboxylic acids is 2. The van der Waals surface area contributed by atoms with Crippen molar-refractivity contribution >= 4 is 28.9 Å². The molecule has 1 aliphatic rings. The molecule has 4 rings (SSSR count). The topological polar surface area (TPSA) is 99.5 Å². The average molecular weight is 473 g/mol. The van der Waals surface area contributed by atoms with Crippen molar-refractivity contribution in [3.8, 4) is 0 Å². The number of hydrogen-bond acceptors (Lipinski definition) is 6. The second-order valence-corrected chi connectivity index (χ2v) is 8.07. The predicted molar refractivity (Wildman–Crippen MR) is 120 cm³/mol. The molecule has 2 heterocycles. The maximum atomic E-state index is 13.5. The van der Waals surface area contributed by atoms with E-state index in [9.17, 15) is 22.8 Å². The lowest BCUT2D eigenvalue weighted by molar-refractivity contribution is -0.137. The first-order chi connectivity index (χ1) is 16.1. The van der Waals surface area contributed by atoms with E-state index in [1.165, 1.54) is 24.4 Å². The van der Waals surface area contributed by atoms with Gasteiger partial charge in [0.2, 0.25) is 5.76 Å². The molecule has 1 aromatic heterocycles. The summed E-state index contributed by atoms with van der Waals surface area (Å²) in [6.45, 7) is 4.59. The number of hydrogen-bond donors (Lipinski definition) is 3. The summed E-state index contributed by atoms with van der Waals surface area (Å²) in [7, 11) is 0. The molecule has 8 nitrogen and oxygen atoms in total. The van der Waals surface area contributed by atoms with Crippen LogP contribution in [-0.2, 0) is 6.18 Å². The quantitative estimate of drug-likeness (QED) is 0.512. The van der Waals surface area contributed by atoms with Gasteiger partial charge in [0.25, 0.3) is 11.8 Å². The van der Waals surface area contributed by atoms with E-state index >= 15 is 0 Å². The highest BCUT2D eigenvalue weighted by atomic mass is 19.4. The third kappa shape index (κ3) is 5.20. The van der Waals surface area contributed by atoms with E-state index in [0.29, 0.717) is 35.8 Å². The summed E-state index contributed by atoms with van der Waals surface area (Å²) in [5.74, 6) is -1.22. The Morgan fingerprint density at radius 3 is 2.56 bits per heavy atom. The van der Waals surface area contributed by atoms with Gasteiger partial charge in [0.1, 0.15) is 0 Å². The van der Waals surface area contributed by atoms with E-state index in [0.717, 1.165) is 12.1 Å². The Balaban J connectivity index is 1.58. The number of anilines is 3. The first-order valence-electron chi connectivity index (χ1n) is 10.4. The van der Waals surface area contributed by atoms with Crippen molar-refractivity contribution in [1.29, 1.82) is 0 Å². The van der Waals surface area contributed by atoms with Crippen LogP contribution in [0.5, 0.6) is 0 Å². The molecule has 2 amide bonds. The zero-order chi connectivity index (χ0) is 24.5. The lowest BCUT2D eigenvalue weighted by Crippen LogP contribution is -2.23. The van der Waals surface area contributed by atoms with E-state index in [4.69, 9.17) is 4.52 Å². The molecule has 178 valence electrons. The number of halogens is 3. The standard InChI is InChI=1S/C23H22F3N5O3/c1-13-3-4-17(10-19(13)30-22(33)20-5-6-28-34-20)29-21(32)15-7-16(23(24,25)26)9-18(8-15)31-11-14(2)27-12-31/h3-10,14,27H,11-12H2,1-2H3,(H,29,32)(H,30,33). The van der Waals surface area contributed by atoms with Crippen molar-refractivity contribution in [3.05, 3.63) is 71.1 Å². The second-order valence-electron chi connectivity index (χ2n) is 8.07. The fourth-order valence-electron chi connectivity index (χ4n) is 3.57. The number of nitrogens with zero attached hydrogens (tertiary/aromatic N) is 2. The number of carbonyl (C=O) groups is 2. The molecule has 2 aromatic carbocycles. The molecule has 3 N–H and O–H groups in total. The highest BCUT2D eigenvalue weighted by Gasteiger charge is 2.33. The van der Waals surface area contributed by atoms with Crippen LogP contribution in [0.4, 0.5) is 30.2 Å². The molecule has 1 aliphatic heterocycles. The maximum absolute atomic E-state index is 13.5. The van der Waals surface area contributed by atoms with Gasteiger partial charge in [-0.3, -0.25) is 14.9 Å². The summed E-state index contributed by atoms with van der Waals surface area (Å²) in [6.07, 6.45) is -3.27. The third-order valence-electron chi connectivity index (χ3n) is 5.40. The average Bonchev–Trinajstić information content (AvgIpc) is 3.47. The van der Waals surface area contributed by atoms with Gasteiger partial charge >= 0.3 is 6.18 Å². The van der Waals surface area contributed by atoms with Gasteiger partial charge in [0.15, 0.2) is 0 Å². The van der Waals surface area contributed by atoms with Crippen LogP contribution in [0.1, 0.15) is 39.0 Å². The monoisotopic (exact) mass is 473 g/mol. The predicted octanol–water partition coefficient (Wildman–Crippen LogP) is 4.26. The number of rotatable bonds is 5. The van der Waals surface area contributed by atoms with E-state index in [1.54, 1.807) is 24.0 Å². The highest BCUT2D eigenvalue weighted by Crippen LogP contribution is 2.34. The largest absolute Gasteiger partial charge is 0.416 e. The van der Waals surface area contributed by atoms with E-state index in [1.807, 2.05) is 6.92 Å². The molecule has 1 fully saturated rings. The molecule has 1 unspecified atom stereocenters. The molecular weight excluding hydrogens is 451 g/mol. The summed E-state index contributed by atoms with van der Waals surface area (Å²) in [6, 6.07) is 9.60. The minimum Gasteiger partial charge on any atom is -0.357 e. The summed E-state index contributed by atoms with van der Waals surface area (Å²) in [5.41, 5.74) is 0.694. The van der Waals surface area contributed by atoms with Crippen LogP contribution in [0.3, 0.4) is 0 Å². The minimum absolute atomic E-state index is 0.0102. The van der Waals surface area contributed by atoms with Gasteiger partial charge in [0.05, 0.1) is 18.4 Å². The van der Waals surface area contributed by atoms with Crippen molar-refractivity contribution in [2.75, 3.05) is 28.7 Å². The highest BCUT2D eigenvalue weighted by molar-refractivity contribution is 6.06. The Morgan fingerprint density at radius 2 is 1.91 bits per heavy atom. The molecule has 0 saturated carbocycles. The van der Waals surface area contributed by atoms with Crippen molar-refractivity contribution in [1.82, 2.24) is 10.5 Å². The number of aromatic nitrogens is 1. The first kappa shape index (κ1) is 23.3. The number of alkyl halides is 3. The Labute approximate surface area is 193 Å². The SMILES string of the molecule is Cc1ccc(NC(=O)c2cc(N3CNC(C)C3)cc(C(F)(F)F)c2)cc1NC(=O)c1ccno1. The van der Waals surface area contributed by atoms with E-state index in [-0.39, 0.29) is 17.4 Å². The molecule has 0 aliphatic carbocycles. The van der Waals surface area contributed by atoms with E-state index < -0.39 is 23.6 Å². The van der Waals surface area contributed by atoms with Crippen LogP contribution in [0.2, 0.25) is 0 Å². The van der Waals surface area contributed by atoms with Gasteiger partial charge in [-0.05, 0) is 49.7 Å². The molecular formula is C23H22F3N5O3. The normalized spacial score (nSPS) is 15.9. The number of aryl methyl sites for hydroxylation is 1. The summed E-state index contributed by atoms with van der Waals surface area (Å²) in [5, 5.41) is 11.9. The summed E-state index contributed by atoms with van der Waals surface area (Å²) >= 11 is 0. The Hall–Kier alpha value is -3.86. The fourth-order valence-corrected chi connectivity index (χ4v) is 3.57. The summed E-state index contributed by atoms with van der Waals surface area (Å²) in [4.78, 5) is 26.9. The molecule has 3 aromatic rings. The van der Waals surface area contributed by atoms with Gasteiger partial charge in [0, 0.05) is 41.3 Å². The third-order valence-corrected chi connectivity index (χ3v) is 5.40. The summed E-state index contributed by atoms with van der Waals surface area (Å²) < 4.78 is 45.4. The van der Waals surface area contributed by atoms with Crippen LogP contribution < -0.4 is 20.9 Å². The van der Waals surface area contributed by atoms with Crippen molar-refractivity contribution in [3.63, 3.8) is 0 Å². The van der Waals surface area contributed by atoms with Crippen molar-refractivity contribution < 1.29 is 27.3 Å². The zero-order valence-electron chi connectivity index (χ0n) is 18.4. The van der Waals surface area contributed by atoms with E-state index in [2.05, 4.69) is 21.1 Å². The lowest BCUT2D eigenvalue weighted by atomic mass is 10.1. The van der Waals surface area contributed by atoms with Crippen LogP contribution in [0, 0.1) is 6.92 Å².